The van der Waals surface area contributed by atoms with Gasteiger partial charge in [-0.3, -0.25) is 4.90 Å². The van der Waals surface area contributed by atoms with Gasteiger partial charge in [-0.1, -0.05) is 30.4 Å². The third-order valence-electron chi connectivity index (χ3n) is 4.23. The lowest BCUT2D eigenvalue weighted by atomic mass is 9.94. The number of hydrogen-bond donors (Lipinski definition) is 1. The number of methoxy groups -OCH3 is 1. The van der Waals surface area contributed by atoms with E-state index < -0.39 is 12.1 Å². The van der Waals surface area contributed by atoms with Crippen molar-refractivity contribution in [3.63, 3.8) is 0 Å². The molecule has 0 spiro atoms. The molecule has 0 radical (unpaired) electrons. The Bertz CT molecular complexity index is 855. The van der Waals surface area contributed by atoms with Crippen LogP contribution in [-0.2, 0) is 4.74 Å². The summed E-state index contributed by atoms with van der Waals surface area (Å²) in [5.74, 6) is 0.0605. The number of fused-ring (bicyclic) bond motifs is 1. The lowest BCUT2D eigenvalue weighted by molar-refractivity contribution is 0.184. The summed E-state index contributed by atoms with van der Waals surface area (Å²) >= 11 is 0. The standard InChI is InChI=1S/C20H22N4O3/c1-14-7-5-8-15(13-14)21-19(25)23-18-16-9-3-4-10-17(16)22-20(26)24(18)11-6-12-27-2/h3-5,7-10,13,16H,6,11-12H2,1-2H3,(H,21,25)/b23-18-. The predicted octanol–water partition coefficient (Wildman–Crippen LogP) is 3.58. The van der Waals surface area contributed by atoms with Crippen molar-refractivity contribution in [3.05, 3.63) is 54.1 Å². The van der Waals surface area contributed by atoms with Gasteiger partial charge in [0.1, 0.15) is 5.84 Å². The monoisotopic (exact) mass is 366 g/mol. The van der Waals surface area contributed by atoms with Gasteiger partial charge in [-0.05, 0) is 37.1 Å². The number of urea groups is 2. The predicted molar refractivity (Wildman–Crippen MR) is 105 cm³/mol. The number of rotatable bonds is 5. The number of nitrogens with one attached hydrogen (secondary N) is 1. The van der Waals surface area contributed by atoms with E-state index in [-0.39, 0.29) is 5.92 Å². The second-order valence-electron chi connectivity index (χ2n) is 6.31. The zero-order valence-corrected chi connectivity index (χ0v) is 15.4. The third kappa shape index (κ3) is 4.57. The van der Waals surface area contributed by atoms with E-state index in [1.54, 1.807) is 19.3 Å². The minimum absolute atomic E-state index is 0.321. The van der Waals surface area contributed by atoms with E-state index >= 15 is 0 Å². The number of anilines is 1. The first-order valence-corrected chi connectivity index (χ1v) is 8.78. The van der Waals surface area contributed by atoms with Gasteiger partial charge in [0, 0.05) is 25.9 Å². The third-order valence-corrected chi connectivity index (χ3v) is 4.23. The zero-order valence-electron chi connectivity index (χ0n) is 15.4. The van der Waals surface area contributed by atoms with E-state index in [1.165, 1.54) is 4.90 Å². The Kier molecular flexibility index (Phi) is 5.93. The van der Waals surface area contributed by atoms with Gasteiger partial charge in [0.05, 0.1) is 11.6 Å². The van der Waals surface area contributed by atoms with Crippen LogP contribution in [0.25, 0.3) is 0 Å². The van der Waals surface area contributed by atoms with E-state index in [0.717, 1.165) is 5.56 Å². The smallest absolute Gasteiger partial charge is 0.349 e. The lowest BCUT2D eigenvalue weighted by Gasteiger charge is -2.31. The van der Waals surface area contributed by atoms with Crippen LogP contribution in [0.15, 0.2) is 58.6 Å². The van der Waals surface area contributed by atoms with Gasteiger partial charge in [0.25, 0.3) is 0 Å². The molecular weight excluding hydrogens is 344 g/mol. The van der Waals surface area contributed by atoms with Crippen LogP contribution in [0.1, 0.15) is 12.0 Å². The molecule has 27 heavy (non-hydrogen) atoms. The summed E-state index contributed by atoms with van der Waals surface area (Å²) in [5.41, 5.74) is 2.28. The molecule has 1 unspecified atom stereocenters. The van der Waals surface area contributed by atoms with Crippen molar-refractivity contribution in [1.29, 1.82) is 0 Å². The quantitative estimate of drug-likeness (QED) is 0.809. The number of amides is 4. The molecule has 7 nitrogen and oxygen atoms in total. The van der Waals surface area contributed by atoms with E-state index in [4.69, 9.17) is 4.74 Å². The summed E-state index contributed by atoms with van der Waals surface area (Å²) in [5, 5.41) is 2.76. The van der Waals surface area contributed by atoms with Crippen LogP contribution < -0.4 is 5.32 Å². The number of benzene rings is 1. The second-order valence-corrected chi connectivity index (χ2v) is 6.31. The molecular formula is C20H22N4O3. The minimum Gasteiger partial charge on any atom is -0.385 e. The molecule has 2 aliphatic rings. The van der Waals surface area contributed by atoms with Crippen molar-refractivity contribution >= 4 is 29.3 Å². The minimum atomic E-state index is -0.524. The van der Waals surface area contributed by atoms with E-state index in [2.05, 4.69) is 15.3 Å². The van der Waals surface area contributed by atoms with Crippen molar-refractivity contribution in [2.45, 2.75) is 13.3 Å². The van der Waals surface area contributed by atoms with Crippen molar-refractivity contribution in [3.8, 4) is 0 Å². The van der Waals surface area contributed by atoms with Crippen LogP contribution in [0.5, 0.6) is 0 Å². The Morgan fingerprint density at radius 1 is 1.37 bits per heavy atom. The summed E-state index contributed by atoms with van der Waals surface area (Å²) < 4.78 is 5.06. The SMILES string of the molecule is COCCCN1C(=O)N=C2C=CC=CC2/C1=N/C(=O)Nc1cccc(C)c1. The summed E-state index contributed by atoms with van der Waals surface area (Å²) in [6, 6.07) is 6.52. The summed E-state index contributed by atoms with van der Waals surface area (Å²) in [4.78, 5) is 34.8. The topological polar surface area (TPSA) is 83.4 Å². The van der Waals surface area contributed by atoms with Crippen LogP contribution in [0.4, 0.5) is 15.3 Å². The number of carbonyl (C=O) groups is 2. The molecule has 1 N–H and O–H groups in total. The van der Waals surface area contributed by atoms with Crippen LogP contribution >= 0.6 is 0 Å². The molecule has 0 saturated heterocycles. The van der Waals surface area contributed by atoms with E-state index in [1.807, 2.05) is 43.4 Å². The first-order valence-electron chi connectivity index (χ1n) is 8.78. The number of nitrogens with zero attached hydrogens (tertiary/aromatic N) is 3. The maximum atomic E-state index is 12.5. The summed E-state index contributed by atoms with van der Waals surface area (Å²) in [6.07, 6.45) is 7.95. The number of hydrogen-bond acceptors (Lipinski definition) is 3. The molecule has 0 aromatic heterocycles. The van der Waals surface area contributed by atoms with Gasteiger partial charge in [-0.25, -0.2) is 9.59 Å². The number of amidine groups is 1. The van der Waals surface area contributed by atoms with Crippen molar-refractivity contribution in [2.75, 3.05) is 25.6 Å². The normalized spacial score (nSPS) is 19.9. The number of ether oxygens (including phenoxy) is 1. The van der Waals surface area contributed by atoms with Gasteiger partial charge >= 0.3 is 12.1 Å². The molecule has 1 atom stereocenters. The molecule has 1 aliphatic heterocycles. The molecule has 1 aliphatic carbocycles. The van der Waals surface area contributed by atoms with Crippen LogP contribution in [-0.4, -0.2) is 48.8 Å². The van der Waals surface area contributed by atoms with Crippen LogP contribution in [0.3, 0.4) is 0 Å². The maximum absolute atomic E-state index is 12.5. The first kappa shape index (κ1) is 18.7. The maximum Gasteiger partial charge on any atom is 0.349 e. The van der Waals surface area contributed by atoms with E-state index in [0.29, 0.717) is 36.8 Å². The highest BCUT2D eigenvalue weighted by Gasteiger charge is 2.34. The Morgan fingerprint density at radius 3 is 3.00 bits per heavy atom. The number of allylic oxidation sites excluding steroid dienone is 3. The molecule has 7 heteroatoms. The van der Waals surface area contributed by atoms with Crippen LogP contribution in [0.2, 0.25) is 0 Å². The first-order chi connectivity index (χ1) is 13.1. The molecule has 4 amide bonds. The molecule has 3 rings (SSSR count). The van der Waals surface area contributed by atoms with Crippen molar-refractivity contribution in [2.24, 2.45) is 15.9 Å². The molecule has 1 aromatic rings. The highest BCUT2D eigenvalue weighted by molar-refractivity contribution is 6.24. The fourth-order valence-electron chi connectivity index (χ4n) is 2.98. The van der Waals surface area contributed by atoms with Crippen LogP contribution in [0, 0.1) is 12.8 Å². The average molecular weight is 366 g/mol. The Balaban J connectivity index is 1.86. The van der Waals surface area contributed by atoms with Gasteiger partial charge in [0.15, 0.2) is 0 Å². The number of aliphatic imine (C=N–C) groups is 2. The highest BCUT2D eigenvalue weighted by Crippen LogP contribution is 2.22. The highest BCUT2D eigenvalue weighted by atomic mass is 16.5. The van der Waals surface area contributed by atoms with Gasteiger partial charge in [-0.2, -0.15) is 9.98 Å². The fourth-order valence-corrected chi connectivity index (χ4v) is 2.98. The van der Waals surface area contributed by atoms with Crippen molar-refractivity contribution < 1.29 is 14.3 Å². The summed E-state index contributed by atoms with van der Waals surface area (Å²) in [7, 11) is 1.60. The fraction of sp³-hybridized carbons (Fsp3) is 0.300. The average Bonchev–Trinajstić information content (AvgIpc) is 2.64. The molecule has 0 bridgehead atoms. The molecule has 0 fully saturated rings. The van der Waals surface area contributed by atoms with E-state index in [9.17, 15) is 9.59 Å². The Labute approximate surface area is 158 Å². The Morgan fingerprint density at radius 2 is 2.22 bits per heavy atom. The zero-order chi connectivity index (χ0) is 19.2. The number of carbonyl (C=O) groups excluding carboxylic acids is 2. The number of aryl methyl sites for hydroxylation is 1. The van der Waals surface area contributed by atoms with Gasteiger partial charge in [0.2, 0.25) is 0 Å². The van der Waals surface area contributed by atoms with Gasteiger partial charge < -0.3 is 10.1 Å². The van der Waals surface area contributed by atoms with Crippen molar-refractivity contribution in [1.82, 2.24) is 4.90 Å². The largest absolute Gasteiger partial charge is 0.385 e. The molecule has 1 aromatic carbocycles. The second kappa shape index (κ2) is 8.55. The van der Waals surface area contributed by atoms with Gasteiger partial charge in [-0.15, -0.1) is 0 Å². The molecule has 140 valence electrons. The molecule has 0 saturated carbocycles. The lowest BCUT2D eigenvalue weighted by Crippen LogP contribution is -2.47. The Hall–Kier alpha value is -3.06. The molecule has 1 heterocycles. The summed E-state index contributed by atoms with van der Waals surface area (Å²) in [6.45, 7) is 2.83.